The number of hydrogen-bond donors (Lipinski definition) is 0. The van der Waals surface area contributed by atoms with E-state index in [9.17, 15) is 22.8 Å². The third kappa shape index (κ3) is 6.73. The van der Waals surface area contributed by atoms with Crippen molar-refractivity contribution in [2.75, 3.05) is 13.1 Å². The highest BCUT2D eigenvalue weighted by Gasteiger charge is 2.31. The first-order chi connectivity index (χ1) is 16.2. The zero-order valence-electron chi connectivity index (χ0n) is 19.1. The van der Waals surface area contributed by atoms with E-state index in [0.717, 1.165) is 23.5 Å². The molecule has 0 N–H and O–H groups in total. The van der Waals surface area contributed by atoms with Crippen molar-refractivity contribution in [3.05, 3.63) is 94.9 Å². The van der Waals surface area contributed by atoms with Crippen molar-refractivity contribution >= 4 is 11.8 Å². The Morgan fingerprint density at radius 3 is 2.26 bits per heavy atom. The summed E-state index contributed by atoms with van der Waals surface area (Å²) in [5.74, 6) is 0.379. The van der Waals surface area contributed by atoms with Crippen molar-refractivity contribution in [2.24, 2.45) is 0 Å². The van der Waals surface area contributed by atoms with Crippen LogP contribution < -0.4 is 0 Å². The zero-order valence-corrected chi connectivity index (χ0v) is 19.1. The predicted octanol–water partition coefficient (Wildman–Crippen LogP) is 5.69. The lowest BCUT2D eigenvalue weighted by Crippen LogP contribution is -2.42. The number of aryl methyl sites for hydroxylation is 1. The van der Waals surface area contributed by atoms with E-state index in [2.05, 4.69) is 0 Å². The van der Waals surface area contributed by atoms with Gasteiger partial charge in [0.05, 0.1) is 12.1 Å². The normalized spacial score (nSPS) is 11.3. The molecule has 0 atom stereocenters. The highest BCUT2D eigenvalue weighted by molar-refractivity contribution is 5.96. The van der Waals surface area contributed by atoms with Crippen molar-refractivity contribution in [1.82, 2.24) is 9.80 Å². The first-order valence-corrected chi connectivity index (χ1v) is 11.0. The Labute approximate surface area is 196 Å². The van der Waals surface area contributed by atoms with Crippen LogP contribution in [0, 0.1) is 6.92 Å². The molecule has 0 spiro atoms. The molecule has 34 heavy (non-hydrogen) atoms. The van der Waals surface area contributed by atoms with Crippen LogP contribution in [0.5, 0.6) is 0 Å². The Hall–Kier alpha value is -3.55. The summed E-state index contributed by atoms with van der Waals surface area (Å²) in [5.41, 5.74) is -0.0993. The van der Waals surface area contributed by atoms with E-state index in [-0.39, 0.29) is 31.1 Å². The Balaban J connectivity index is 1.82. The van der Waals surface area contributed by atoms with Crippen LogP contribution >= 0.6 is 0 Å². The maximum atomic E-state index is 13.3. The van der Waals surface area contributed by atoms with Gasteiger partial charge < -0.3 is 14.2 Å². The second kappa shape index (κ2) is 11.0. The van der Waals surface area contributed by atoms with Gasteiger partial charge in [0, 0.05) is 18.7 Å². The van der Waals surface area contributed by atoms with E-state index in [1.54, 1.807) is 17.0 Å². The van der Waals surface area contributed by atoms with E-state index in [1.165, 1.54) is 17.0 Å². The number of carbonyl (C=O) groups is 2. The van der Waals surface area contributed by atoms with E-state index < -0.39 is 17.6 Å². The standard InChI is InChI=1S/C26H27F3N2O3/c1-3-14-30(25(33)21-10-7-11-22(15-21)26(27,28)29)18-24(32)31(16-20-8-5-4-6-9-20)17-23-13-12-19(2)34-23/h4-13,15H,3,14,16-18H2,1-2H3. The summed E-state index contributed by atoms with van der Waals surface area (Å²) in [5, 5.41) is 0. The molecule has 1 heterocycles. The summed E-state index contributed by atoms with van der Waals surface area (Å²) in [6, 6.07) is 17.3. The number of hydrogen-bond acceptors (Lipinski definition) is 3. The van der Waals surface area contributed by atoms with Gasteiger partial charge in [-0.2, -0.15) is 13.2 Å². The Kier molecular flexibility index (Phi) is 8.15. The van der Waals surface area contributed by atoms with Crippen molar-refractivity contribution in [3.63, 3.8) is 0 Å². The van der Waals surface area contributed by atoms with E-state index in [0.29, 0.717) is 18.7 Å². The Morgan fingerprint density at radius 1 is 0.912 bits per heavy atom. The molecule has 2 amide bonds. The van der Waals surface area contributed by atoms with Gasteiger partial charge in [0.2, 0.25) is 5.91 Å². The summed E-state index contributed by atoms with van der Waals surface area (Å²) < 4.78 is 45.0. The number of benzene rings is 2. The minimum atomic E-state index is -4.56. The van der Waals surface area contributed by atoms with Crippen molar-refractivity contribution < 1.29 is 27.2 Å². The topological polar surface area (TPSA) is 53.8 Å². The molecule has 0 radical (unpaired) electrons. The molecular formula is C26H27F3N2O3. The third-order valence-electron chi connectivity index (χ3n) is 5.26. The number of furan rings is 1. The summed E-state index contributed by atoms with van der Waals surface area (Å²) in [7, 11) is 0. The molecule has 3 rings (SSSR count). The van der Waals surface area contributed by atoms with Crippen molar-refractivity contribution in [2.45, 2.75) is 39.5 Å². The van der Waals surface area contributed by atoms with E-state index in [4.69, 9.17) is 4.42 Å². The fourth-order valence-electron chi connectivity index (χ4n) is 3.59. The number of rotatable bonds is 9. The molecule has 1 aromatic heterocycles. The maximum Gasteiger partial charge on any atom is 0.416 e. The predicted molar refractivity (Wildman–Crippen MR) is 122 cm³/mol. The van der Waals surface area contributed by atoms with Gasteiger partial charge in [0.15, 0.2) is 0 Å². The number of carbonyl (C=O) groups excluding carboxylic acids is 2. The monoisotopic (exact) mass is 472 g/mol. The van der Waals surface area contributed by atoms with E-state index >= 15 is 0 Å². The average Bonchev–Trinajstić information content (AvgIpc) is 3.22. The summed E-state index contributed by atoms with van der Waals surface area (Å²) in [4.78, 5) is 29.3. The molecule has 0 aliphatic heterocycles. The molecule has 0 bridgehead atoms. The quantitative estimate of drug-likeness (QED) is 0.402. The molecule has 3 aromatic rings. The zero-order chi connectivity index (χ0) is 24.7. The number of amides is 2. The average molecular weight is 473 g/mol. The maximum absolute atomic E-state index is 13.3. The van der Waals surface area contributed by atoms with Crippen molar-refractivity contribution in [3.8, 4) is 0 Å². The number of halogens is 3. The third-order valence-corrected chi connectivity index (χ3v) is 5.26. The molecule has 8 heteroatoms. The molecule has 0 unspecified atom stereocenters. The molecule has 180 valence electrons. The lowest BCUT2D eigenvalue weighted by molar-refractivity contribution is -0.137. The minimum absolute atomic E-state index is 0.104. The largest absolute Gasteiger partial charge is 0.464 e. The van der Waals surface area contributed by atoms with Crippen LogP contribution in [0.15, 0.2) is 71.1 Å². The van der Waals surface area contributed by atoms with Crippen LogP contribution in [0.3, 0.4) is 0 Å². The summed E-state index contributed by atoms with van der Waals surface area (Å²) >= 11 is 0. The number of nitrogens with zero attached hydrogens (tertiary/aromatic N) is 2. The first-order valence-electron chi connectivity index (χ1n) is 11.0. The van der Waals surface area contributed by atoms with Crippen LogP contribution in [0.25, 0.3) is 0 Å². The van der Waals surface area contributed by atoms with Crippen molar-refractivity contribution in [1.29, 1.82) is 0 Å². The first kappa shape index (κ1) is 25.1. The fraction of sp³-hybridized carbons (Fsp3) is 0.308. The molecule has 0 saturated carbocycles. The lowest BCUT2D eigenvalue weighted by atomic mass is 10.1. The van der Waals surface area contributed by atoms with Crippen LogP contribution in [0.2, 0.25) is 0 Å². The van der Waals surface area contributed by atoms with Gasteiger partial charge in [-0.05, 0) is 49.2 Å². The van der Waals surface area contributed by atoms with E-state index in [1.807, 2.05) is 44.2 Å². The smallest absolute Gasteiger partial charge is 0.416 e. The SMILES string of the molecule is CCCN(CC(=O)N(Cc1ccccc1)Cc1ccc(C)o1)C(=O)c1cccc(C(F)(F)F)c1. The highest BCUT2D eigenvalue weighted by Crippen LogP contribution is 2.29. The molecule has 0 saturated heterocycles. The molecule has 5 nitrogen and oxygen atoms in total. The highest BCUT2D eigenvalue weighted by atomic mass is 19.4. The molecule has 0 aliphatic rings. The van der Waals surface area contributed by atoms with Crippen LogP contribution in [-0.4, -0.2) is 34.7 Å². The molecule has 0 fully saturated rings. The van der Waals surface area contributed by atoms with Gasteiger partial charge >= 0.3 is 6.18 Å². The molecule has 0 aliphatic carbocycles. The Bertz CT molecular complexity index is 1110. The van der Waals surface area contributed by atoms with Crippen LogP contribution in [-0.2, 0) is 24.1 Å². The molecular weight excluding hydrogens is 445 g/mol. The lowest BCUT2D eigenvalue weighted by Gasteiger charge is -2.27. The van der Waals surface area contributed by atoms with Gasteiger partial charge in [-0.1, -0.05) is 43.3 Å². The van der Waals surface area contributed by atoms with Gasteiger partial charge in [-0.3, -0.25) is 9.59 Å². The van der Waals surface area contributed by atoms with Gasteiger partial charge in [0.25, 0.3) is 5.91 Å². The minimum Gasteiger partial charge on any atom is -0.464 e. The van der Waals surface area contributed by atoms with Gasteiger partial charge in [-0.15, -0.1) is 0 Å². The molecule has 2 aromatic carbocycles. The second-order valence-corrected chi connectivity index (χ2v) is 8.05. The fourth-order valence-corrected chi connectivity index (χ4v) is 3.59. The van der Waals surface area contributed by atoms with Gasteiger partial charge in [-0.25, -0.2) is 0 Å². The number of alkyl halides is 3. The summed E-state index contributed by atoms with van der Waals surface area (Å²) in [6.07, 6.45) is -4.01. The second-order valence-electron chi connectivity index (χ2n) is 8.05. The summed E-state index contributed by atoms with van der Waals surface area (Å²) in [6.45, 7) is 4.14. The van der Waals surface area contributed by atoms with Crippen LogP contribution in [0.1, 0.15) is 46.3 Å². The van der Waals surface area contributed by atoms with Gasteiger partial charge in [0.1, 0.15) is 18.1 Å². The Morgan fingerprint density at radius 2 is 1.65 bits per heavy atom. The van der Waals surface area contributed by atoms with Crippen LogP contribution in [0.4, 0.5) is 13.2 Å².